The first-order valence-electron chi connectivity index (χ1n) is 13.6. The van der Waals surface area contributed by atoms with E-state index in [0.29, 0.717) is 18.7 Å². The normalized spacial score (nSPS) is 11.9. The van der Waals surface area contributed by atoms with Crippen molar-refractivity contribution >= 4 is 27.5 Å². The Hall–Kier alpha value is -3.85. The van der Waals surface area contributed by atoms with Crippen molar-refractivity contribution in [3.63, 3.8) is 0 Å². The molecular formula is C31H39N3O5S. The third-order valence-corrected chi connectivity index (χ3v) is 8.40. The van der Waals surface area contributed by atoms with Gasteiger partial charge in [-0.2, -0.15) is 0 Å². The minimum atomic E-state index is -4.17. The van der Waals surface area contributed by atoms with Gasteiger partial charge in [0.1, 0.15) is 18.3 Å². The number of methoxy groups -OCH3 is 1. The lowest BCUT2D eigenvalue weighted by atomic mass is 10.1. The van der Waals surface area contributed by atoms with E-state index < -0.39 is 28.5 Å². The summed E-state index contributed by atoms with van der Waals surface area (Å²) in [5.41, 5.74) is 1.89. The van der Waals surface area contributed by atoms with Gasteiger partial charge in [-0.1, -0.05) is 74.9 Å². The molecule has 3 aromatic rings. The number of benzene rings is 3. The third-order valence-electron chi connectivity index (χ3n) is 6.62. The van der Waals surface area contributed by atoms with Crippen molar-refractivity contribution < 1.29 is 22.7 Å². The zero-order chi connectivity index (χ0) is 29.1. The highest BCUT2D eigenvalue weighted by atomic mass is 32.2. The van der Waals surface area contributed by atoms with Gasteiger partial charge in [-0.15, -0.1) is 0 Å². The van der Waals surface area contributed by atoms with Gasteiger partial charge < -0.3 is 15.0 Å². The number of rotatable bonds is 14. The predicted octanol–water partition coefficient (Wildman–Crippen LogP) is 4.92. The summed E-state index contributed by atoms with van der Waals surface area (Å²) in [4.78, 5) is 28.9. The first-order valence-corrected chi connectivity index (χ1v) is 15.0. The number of anilines is 1. The zero-order valence-corrected chi connectivity index (χ0v) is 24.5. The van der Waals surface area contributed by atoms with Gasteiger partial charge in [0.05, 0.1) is 17.7 Å². The molecule has 0 aliphatic rings. The van der Waals surface area contributed by atoms with Crippen molar-refractivity contribution in [2.24, 2.45) is 0 Å². The third kappa shape index (κ3) is 7.63. The molecule has 0 radical (unpaired) electrons. The van der Waals surface area contributed by atoms with E-state index in [-0.39, 0.29) is 23.0 Å². The van der Waals surface area contributed by atoms with Gasteiger partial charge in [0.25, 0.3) is 10.0 Å². The molecule has 3 aromatic carbocycles. The summed E-state index contributed by atoms with van der Waals surface area (Å²) in [6.07, 6.45) is 2.12. The van der Waals surface area contributed by atoms with Crippen LogP contribution in [0.5, 0.6) is 5.75 Å². The fraction of sp³-hybridized carbons (Fsp3) is 0.355. The van der Waals surface area contributed by atoms with Crippen LogP contribution in [0.4, 0.5) is 5.69 Å². The lowest BCUT2D eigenvalue weighted by Crippen LogP contribution is -2.52. The number of ether oxygens (including phenoxy) is 1. The molecule has 3 rings (SSSR count). The van der Waals surface area contributed by atoms with Crippen LogP contribution in [-0.2, 0) is 26.2 Å². The zero-order valence-electron chi connectivity index (χ0n) is 23.7. The van der Waals surface area contributed by atoms with Crippen LogP contribution in [0.3, 0.4) is 0 Å². The molecule has 40 heavy (non-hydrogen) atoms. The van der Waals surface area contributed by atoms with Crippen molar-refractivity contribution in [1.82, 2.24) is 10.2 Å². The summed E-state index contributed by atoms with van der Waals surface area (Å²) in [5, 5.41) is 2.94. The maximum atomic E-state index is 14.1. The average Bonchev–Trinajstić information content (AvgIpc) is 2.96. The Morgan fingerprint density at radius 2 is 1.60 bits per heavy atom. The fourth-order valence-corrected chi connectivity index (χ4v) is 5.87. The Morgan fingerprint density at radius 1 is 0.950 bits per heavy atom. The van der Waals surface area contributed by atoms with Crippen LogP contribution in [0.15, 0.2) is 83.8 Å². The highest BCUT2D eigenvalue weighted by molar-refractivity contribution is 7.92. The molecule has 9 heteroatoms. The Kier molecular flexibility index (Phi) is 11.1. The molecule has 0 saturated heterocycles. The van der Waals surface area contributed by atoms with Crippen molar-refractivity contribution in [3.05, 3.63) is 90.0 Å². The predicted molar refractivity (Wildman–Crippen MR) is 158 cm³/mol. The summed E-state index contributed by atoms with van der Waals surface area (Å²) in [6, 6.07) is 21.8. The van der Waals surface area contributed by atoms with Crippen molar-refractivity contribution in [2.75, 3.05) is 24.5 Å². The van der Waals surface area contributed by atoms with Crippen LogP contribution >= 0.6 is 0 Å². The first kappa shape index (κ1) is 30.7. The molecule has 0 aromatic heterocycles. The molecule has 8 nitrogen and oxygen atoms in total. The molecule has 0 fully saturated rings. The smallest absolute Gasteiger partial charge is 0.264 e. The molecule has 1 N–H and O–H groups in total. The summed E-state index contributed by atoms with van der Waals surface area (Å²) < 4.78 is 34.6. The molecular weight excluding hydrogens is 526 g/mol. The average molecular weight is 566 g/mol. The second-order valence-corrected chi connectivity index (χ2v) is 11.4. The van der Waals surface area contributed by atoms with Crippen LogP contribution in [0.1, 0.15) is 44.2 Å². The molecule has 0 bridgehead atoms. The minimum Gasteiger partial charge on any atom is -0.495 e. The van der Waals surface area contributed by atoms with Crippen molar-refractivity contribution in [2.45, 2.75) is 57.5 Å². The topological polar surface area (TPSA) is 96.0 Å². The monoisotopic (exact) mass is 565 g/mol. The van der Waals surface area contributed by atoms with Gasteiger partial charge in [0.2, 0.25) is 11.8 Å². The number of hydrogen-bond donors (Lipinski definition) is 1. The van der Waals surface area contributed by atoms with E-state index in [1.807, 2.05) is 57.2 Å². The molecule has 0 saturated carbocycles. The number of sulfonamides is 1. The number of hydrogen-bond acceptors (Lipinski definition) is 5. The number of nitrogens with one attached hydrogen (secondary N) is 1. The quantitative estimate of drug-likeness (QED) is 0.280. The number of nitrogens with zero attached hydrogens (tertiary/aromatic N) is 2. The van der Waals surface area contributed by atoms with Crippen molar-refractivity contribution in [1.29, 1.82) is 0 Å². The van der Waals surface area contributed by atoms with E-state index >= 15 is 0 Å². The number of aryl methyl sites for hydroxylation is 1. The second-order valence-electron chi connectivity index (χ2n) is 9.58. The minimum absolute atomic E-state index is 0.0466. The maximum absolute atomic E-state index is 14.1. The van der Waals surface area contributed by atoms with E-state index in [9.17, 15) is 18.0 Å². The summed E-state index contributed by atoms with van der Waals surface area (Å²) in [6.45, 7) is 5.88. The summed E-state index contributed by atoms with van der Waals surface area (Å²) in [7, 11) is -2.71. The van der Waals surface area contributed by atoms with E-state index in [1.165, 1.54) is 24.1 Å². The highest BCUT2D eigenvalue weighted by Gasteiger charge is 2.34. The lowest BCUT2D eigenvalue weighted by molar-refractivity contribution is -0.140. The number of carbonyl (C=O) groups excluding carboxylic acids is 2. The highest BCUT2D eigenvalue weighted by Crippen LogP contribution is 2.33. The maximum Gasteiger partial charge on any atom is 0.264 e. The van der Waals surface area contributed by atoms with Gasteiger partial charge in [-0.3, -0.25) is 13.9 Å². The molecule has 0 unspecified atom stereocenters. The van der Waals surface area contributed by atoms with Crippen LogP contribution in [0.25, 0.3) is 0 Å². The number of carbonyl (C=O) groups is 2. The summed E-state index contributed by atoms with van der Waals surface area (Å²) >= 11 is 0. The van der Waals surface area contributed by atoms with E-state index in [0.717, 1.165) is 28.3 Å². The molecule has 214 valence electrons. The van der Waals surface area contributed by atoms with E-state index in [1.54, 1.807) is 30.3 Å². The molecule has 0 aliphatic carbocycles. The van der Waals surface area contributed by atoms with E-state index in [4.69, 9.17) is 4.74 Å². The van der Waals surface area contributed by atoms with Crippen molar-refractivity contribution in [3.8, 4) is 5.75 Å². The molecule has 1 atom stereocenters. The largest absolute Gasteiger partial charge is 0.495 e. The Labute approximate surface area is 238 Å². The first-order chi connectivity index (χ1) is 19.2. The Morgan fingerprint density at radius 3 is 2.20 bits per heavy atom. The van der Waals surface area contributed by atoms with Gasteiger partial charge in [0.15, 0.2) is 0 Å². The molecule has 0 heterocycles. The van der Waals surface area contributed by atoms with Crippen LogP contribution in [0.2, 0.25) is 0 Å². The molecule has 0 spiro atoms. The number of amides is 2. The molecule has 2 amide bonds. The van der Waals surface area contributed by atoms with Gasteiger partial charge in [0, 0.05) is 13.1 Å². The van der Waals surface area contributed by atoms with Crippen LogP contribution < -0.4 is 14.4 Å². The molecule has 0 aliphatic heterocycles. The Bertz CT molecular complexity index is 1360. The van der Waals surface area contributed by atoms with Crippen LogP contribution in [-0.4, -0.2) is 51.4 Å². The summed E-state index contributed by atoms with van der Waals surface area (Å²) in [5.74, 6) is -0.438. The Balaban J connectivity index is 2.07. The second kappa shape index (κ2) is 14.5. The number of unbranched alkanes of at least 4 members (excludes halogenated alkanes) is 1. The fourth-order valence-electron chi connectivity index (χ4n) is 4.43. The van der Waals surface area contributed by atoms with Crippen LogP contribution in [0, 0.1) is 6.92 Å². The van der Waals surface area contributed by atoms with Gasteiger partial charge in [-0.25, -0.2) is 8.42 Å². The standard InChI is InChI=1S/C31H39N3O5S/c1-5-7-20-32-31(36)27(6-2)33(22-25-14-10-8-11-15-25)30(35)23-34(28-21-24(3)18-19-29(28)39-4)40(37,38)26-16-12-9-13-17-26/h8-19,21,27H,5-7,20,22-23H2,1-4H3,(H,32,36)/t27-/m0/s1. The van der Waals surface area contributed by atoms with Gasteiger partial charge in [-0.05, 0) is 55.2 Å². The SMILES string of the molecule is CCCCNC(=O)[C@H](CC)N(Cc1ccccc1)C(=O)CN(c1cc(C)ccc1OC)S(=O)(=O)c1ccccc1. The van der Waals surface area contributed by atoms with E-state index in [2.05, 4.69) is 5.32 Å². The lowest BCUT2D eigenvalue weighted by Gasteiger charge is -2.33. The van der Waals surface area contributed by atoms with Gasteiger partial charge >= 0.3 is 0 Å².